The van der Waals surface area contributed by atoms with Crippen molar-refractivity contribution in [3.05, 3.63) is 65.7 Å². The number of methoxy groups -OCH3 is 1. The molecule has 0 spiro atoms. The van der Waals surface area contributed by atoms with Gasteiger partial charge in [0.2, 0.25) is 0 Å². The van der Waals surface area contributed by atoms with Crippen molar-refractivity contribution in [1.29, 1.82) is 0 Å². The molecule has 0 radical (unpaired) electrons. The van der Waals surface area contributed by atoms with Gasteiger partial charge in [-0.05, 0) is 48.9 Å². The lowest BCUT2D eigenvalue weighted by Gasteiger charge is -2.31. The Hall–Kier alpha value is -1.84. The molecule has 1 saturated carbocycles. The fourth-order valence-electron chi connectivity index (χ4n) is 3.35. The standard InChI is InChI=1S/C20H26N2O/c1-23-19-13-7-16(8-14-19)20(15-5-3-2-4-6-15)22-18-11-9-17(21)10-12-18/h2-8,13-14,17-18,20,22H,9-12,21H2,1H3. The average Bonchev–Trinajstić information content (AvgIpc) is 2.62. The van der Waals surface area contributed by atoms with Gasteiger partial charge in [-0.15, -0.1) is 0 Å². The molecule has 23 heavy (non-hydrogen) atoms. The van der Waals surface area contributed by atoms with Crippen LogP contribution in [0.2, 0.25) is 0 Å². The van der Waals surface area contributed by atoms with Crippen LogP contribution in [0.25, 0.3) is 0 Å². The first-order chi connectivity index (χ1) is 11.3. The Morgan fingerprint density at radius 3 is 2.13 bits per heavy atom. The van der Waals surface area contributed by atoms with Crippen molar-refractivity contribution in [2.45, 2.75) is 43.8 Å². The van der Waals surface area contributed by atoms with Crippen molar-refractivity contribution in [3.8, 4) is 5.75 Å². The molecule has 1 atom stereocenters. The lowest BCUT2D eigenvalue weighted by molar-refractivity contribution is 0.328. The van der Waals surface area contributed by atoms with Gasteiger partial charge in [-0.3, -0.25) is 0 Å². The predicted octanol–water partition coefficient (Wildman–Crippen LogP) is 3.64. The van der Waals surface area contributed by atoms with Crippen molar-refractivity contribution >= 4 is 0 Å². The smallest absolute Gasteiger partial charge is 0.118 e. The number of hydrogen-bond donors (Lipinski definition) is 2. The Labute approximate surface area is 138 Å². The van der Waals surface area contributed by atoms with Crippen LogP contribution in [0.4, 0.5) is 0 Å². The highest BCUT2D eigenvalue weighted by atomic mass is 16.5. The quantitative estimate of drug-likeness (QED) is 0.886. The molecule has 122 valence electrons. The van der Waals surface area contributed by atoms with E-state index in [1.165, 1.54) is 11.1 Å². The molecule has 0 aliphatic heterocycles. The number of benzene rings is 2. The fourth-order valence-corrected chi connectivity index (χ4v) is 3.35. The van der Waals surface area contributed by atoms with Crippen molar-refractivity contribution in [2.75, 3.05) is 7.11 Å². The summed E-state index contributed by atoms with van der Waals surface area (Å²) in [4.78, 5) is 0. The molecule has 0 aromatic heterocycles. The maximum absolute atomic E-state index is 6.04. The normalized spacial score (nSPS) is 22.5. The van der Waals surface area contributed by atoms with Gasteiger partial charge in [-0.25, -0.2) is 0 Å². The van der Waals surface area contributed by atoms with Gasteiger partial charge in [0.1, 0.15) is 5.75 Å². The van der Waals surface area contributed by atoms with Gasteiger partial charge in [0.05, 0.1) is 13.2 Å². The molecule has 1 aliphatic carbocycles. The summed E-state index contributed by atoms with van der Waals surface area (Å²) in [6.45, 7) is 0. The Bertz CT molecular complexity index is 589. The van der Waals surface area contributed by atoms with Gasteiger partial charge in [-0.2, -0.15) is 0 Å². The van der Waals surface area contributed by atoms with Crippen LogP contribution in [0.1, 0.15) is 42.9 Å². The Morgan fingerprint density at radius 1 is 0.913 bits per heavy atom. The maximum Gasteiger partial charge on any atom is 0.118 e. The molecule has 0 bridgehead atoms. The van der Waals surface area contributed by atoms with Gasteiger partial charge in [0, 0.05) is 12.1 Å². The minimum Gasteiger partial charge on any atom is -0.497 e. The Morgan fingerprint density at radius 2 is 1.52 bits per heavy atom. The first-order valence-corrected chi connectivity index (χ1v) is 8.47. The first-order valence-electron chi connectivity index (χ1n) is 8.47. The lowest BCUT2D eigenvalue weighted by atomic mass is 9.89. The zero-order valence-corrected chi connectivity index (χ0v) is 13.7. The number of hydrogen-bond acceptors (Lipinski definition) is 3. The molecule has 3 rings (SSSR count). The highest BCUT2D eigenvalue weighted by molar-refractivity contribution is 5.35. The summed E-state index contributed by atoms with van der Waals surface area (Å²) < 4.78 is 5.28. The Balaban J connectivity index is 1.81. The summed E-state index contributed by atoms with van der Waals surface area (Å²) >= 11 is 0. The van der Waals surface area contributed by atoms with Crippen LogP contribution in [0, 0.1) is 0 Å². The second-order valence-electron chi connectivity index (χ2n) is 6.40. The average molecular weight is 310 g/mol. The number of rotatable bonds is 5. The van der Waals surface area contributed by atoms with E-state index in [4.69, 9.17) is 10.5 Å². The van der Waals surface area contributed by atoms with Crippen LogP contribution in [0.5, 0.6) is 5.75 Å². The predicted molar refractivity (Wildman–Crippen MR) is 94.6 cm³/mol. The Kier molecular flexibility index (Phi) is 5.31. The molecule has 1 unspecified atom stereocenters. The van der Waals surface area contributed by atoms with E-state index in [2.05, 4.69) is 47.8 Å². The molecule has 1 fully saturated rings. The van der Waals surface area contributed by atoms with Crippen molar-refractivity contribution in [1.82, 2.24) is 5.32 Å². The van der Waals surface area contributed by atoms with Crippen LogP contribution in [0.15, 0.2) is 54.6 Å². The molecule has 0 heterocycles. The first kappa shape index (κ1) is 16.0. The zero-order valence-electron chi connectivity index (χ0n) is 13.7. The highest BCUT2D eigenvalue weighted by Crippen LogP contribution is 2.27. The monoisotopic (exact) mass is 310 g/mol. The molecule has 3 nitrogen and oxygen atoms in total. The minimum atomic E-state index is 0.210. The topological polar surface area (TPSA) is 47.3 Å². The van der Waals surface area contributed by atoms with Crippen LogP contribution < -0.4 is 15.8 Å². The molecule has 0 amide bonds. The van der Waals surface area contributed by atoms with E-state index in [1.807, 2.05) is 12.1 Å². The van der Waals surface area contributed by atoms with E-state index in [0.29, 0.717) is 12.1 Å². The molecule has 3 heteroatoms. The SMILES string of the molecule is COc1ccc(C(NC2CCC(N)CC2)c2ccccc2)cc1. The van der Waals surface area contributed by atoms with Crippen LogP contribution in [-0.4, -0.2) is 19.2 Å². The van der Waals surface area contributed by atoms with Gasteiger partial charge in [0.25, 0.3) is 0 Å². The number of nitrogens with one attached hydrogen (secondary N) is 1. The van der Waals surface area contributed by atoms with E-state index in [0.717, 1.165) is 31.4 Å². The summed E-state index contributed by atoms with van der Waals surface area (Å²) in [5, 5.41) is 3.85. The number of ether oxygens (including phenoxy) is 1. The zero-order chi connectivity index (χ0) is 16.1. The van der Waals surface area contributed by atoms with E-state index < -0.39 is 0 Å². The molecule has 3 N–H and O–H groups in total. The summed E-state index contributed by atoms with van der Waals surface area (Å²) in [6, 6.07) is 20.1. The van der Waals surface area contributed by atoms with Crippen LogP contribution in [0.3, 0.4) is 0 Å². The minimum absolute atomic E-state index is 0.210. The fraction of sp³-hybridized carbons (Fsp3) is 0.400. The number of nitrogens with two attached hydrogens (primary N) is 1. The van der Waals surface area contributed by atoms with E-state index in [-0.39, 0.29) is 6.04 Å². The molecule has 0 saturated heterocycles. The van der Waals surface area contributed by atoms with Crippen molar-refractivity contribution in [3.63, 3.8) is 0 Å². The summed E-state index contributed by atoms with van der Waals surface area (Å²) in [7, 11) is 1.70. The second kappa shape index (κ2) is 7.62. The van der Waals surface area contributed by atoms with E-state index >= 15 is 0 Å². The summed E-state index contributed by atoms with van der Waals surface area (Å²) in [6.07, 6.45) is 4.53. The third-order valence-electron chi connectivity index (χ3n) is 4.76. The van der Waals surface area contributed by atoms with Crippen LogP contribution >= 0.6 is 0 Å². The molecule has 2 aromatic carbocycles. The van der Waals surface area contributed by atoms with Crippen LogP contribution in [-0.2, 0) is 0 Å². The highest BCUT2D eigenvalue weighted by Gasteiger charge is 2.23. The third-order valence-corrected chi connectivity index (χ3v) is 4.76. The third kappa shape index (κ3) is 4.12. The van der Waals surface area contributed by atoms with Gasteiger partial charge >= 0.3 is 0 Å². The largest absolute Gasteiger partial charge is 0.497 e. The van der Waals surface area contributed by atoms with E-state index in [9.17, 15) is 0 Å². The molecular formula is C20H26N2O. The lowest BCUT2D eigenvalue weighted by Crippen LogP contribution is -2.39. The molecular weight excluding hydrogens is 284 g/mol. The molecule has 2 aromatic rings. The van der Waals surface area contributed by atoms with Gasteiger partial charge < -0.3 is 15.8 Å². The summed E-state index contributed by atoms with van der Waals surface area (Å²) in [5.74, 6) is 0.893. The molecule has 1 aliphatic rings. The van der Waals surface area contributed by atoms with E-state index in [1.54, 1.807) is 7.11 Å². The summed E-state index contributed by atoms with van der Waals surface area (Å²) in [5.41, 5.74) is 8.61. The second-order valence-corrected chi connectivity index (χ2v) is 6.40. The van der Waals surface area contributed by atoms with Crippen molar-refractivity contribution in [2.24, 2.45) is 5.73 Å². The van der Waals surface area contributed by atoms with Gasteiger partial charge in [0.15, 0.2) is 0 Å². The maximum atomic E-state index is 6.04. The van der Waals surface area contributed by atoms with Crippen molar-refractivity contribution < 1.29 is 4.74 Å². The van der Waals surface area contributed by atoms with Gasteiger partial charge in [-0.1, -0.05) is 42.5 Å².